The summed E-state index contributed by atoms with van der Waals surface area (Å²) in [4.78, 5) is 36.1. The molecule has 1 amide bonds. The Hall–Kier alpha value is -3.71. The summed E-state index contributed by atoms with van der Waals surface area (Å²) in [7, 11) is 1.19. The summed E-state index contributed by atoms with van der Waals surface area (Å²) in [6, 6.07) is 20.1. The molecule has 0 spiro atoms. The highest BCUT2D eigenvalue weighted by molar-refractivity contribution is 7.22. The van der Waals surface area contributed by atoms with Crippen LogP contribution in [0.1, 0.15) is 20.7 Å². The molecule has 6 nitrogen and oxygen atoms in total. The number of fused-ring (bicyclic) bond motifs is 1. The van der Waals surface area contributed by atoms with E-state index in [1.807, 2.05) is 42.5 Å². The van der Waals surface area contributed by atoms with Crippen molar-refractivity contribution in [1.82, 2.24) is 0 Å². The molecule has 0 saturated carbocycles. The van der Waals surface area contributed by atoms with Crippen molar-refractivity contribution < 1.29 is 18.7 Å². The lowest BCUT2D eigenvalue weighted by molar-refractivity contribution is 0.0596. The van der Waals surface area contributed by atoms with Crippen LogP contribution in [0.4, 0.5) is 5.00 Å². The predicted molar refractivity (Wildman–Crippen MR) is 112 cm³/mol. The Morgan fingerprint density at radius 1 is 0.966 bits per heavy atom. The standard InChI is InChI=1S/C22H15NO5S/c1-27-21(25)16-11-18-17(28-22(16)26)12-19(29-18)23-20(24)15-9-7-14(8-10-15)13-5-3-2-4-6-13/h2-12H,1H3,(H,23,24). The van der Waals surface area contributed by atoms with Gasteiger partial charge in [0.15, 0.2) is 5.58 Å². The van der Waals surface area contributed by atoms with Crippen LogP contribution in [0.15, 0.2) is 75.9 Å². The van der Waals surface area contributed by atoms with Gasteiger partial charge in [-0.2, -0.15) is 0 Å². The molecular formula is C22H15NO5S. The molecule has 0 bridgehead atoms. The molecular weight excluding hydrogens is 390 g/mol. The van der Waals surface area contributed by atoms with Crippen LogP contribution in [0.2, 0.25) is 0 Å². The van der Waals surface area contributed by atoms with Gasteiger partial charge >= 0.3 is 11.6 Å². The number of amides is 1. The first-order chi connectivity index (χ1) is 14.0. The number of anilines is 1. The number of rotatable bonds is 4. The molecule has 0 saturated heterocycles. The Kier molecular flexibility index (Phi) is 4.97. The summed E-state index contributed by atoms with van der Waals surface area (Å²) in [6.45, 7) is 0. The van der Waals surface area contributed by atoms with E-state index in [-0.39, 0.29) is 11.5 Å². The molecule has 0 radical (unpaired) electrons. The topological polar surface area (TPSA) is 85.6 Å². The molecule has 0 atom stereocenters. The Balaban J connectivity index is 1.56. The van der Waals surface area contributed by atoms with E-state index in [2.05, 4.69) is 10.1 Å². The maximum absolute atomic E-state index is 12.6. The summed E-state index contributed by atoms with van der Waals surface area (Å²) >= 11 is 1.20. The van der Waals surface area contributed by atoms with Gasteiger partial charge in [-0.1, -0.05) is 42.5 Å². The number of hydrogen-bond acceptors (Lipinski definition) is 6. The number of ether oxygens (including phenoxy) is 1. The number of nitrogens with one attached hydrogen (secondary N) is 1. The number of methoxy groups -OCH3 is 1. The molecule has 29 heavy (non-hydrogen) atoms. The van der Waals surface area contributed by atoms with E-state index < -0.39 is 11.6 Å². The molecule has 0 unspecified atom stereocenters. The SMILES string of the molecule is COC(=O)c1cc2sc(NC(=O)c3ccc(-c4ccccc4)cc3)cc2oc1=O. The van der Waals surface area contributed by atoms with Gasteiger partial charge in [0, 0.05) is 11.6 Å². The van der Waals surface area contributed by atoms with Crippen LogP contribution in [0.25, 0.3) is 21.4 Å². The van der Waals surface area contributed by atoms with E-state index in [1.54, 1.807) is 18.2 Å². The number of benzene rings is 2. The van der Waals surface area contributed by atoms with Crippen molar-refractivity contribution in [3.8, 4) is 11.1 Å². The molecule has 7 heteroatoms. The van der Waals surface area contributed by atoms with Crippen LogP contribution in [0, 0.1) is 0 Å². The minimum absolute atomic E-state index is 0.184. The third-order valence-electron chi connectivity index (χ3n) is 4.32. The highest BCUT2D eigenvalue weighted by Crippen LogP contribution is 2.30. The van der Waals surface area contributed by atoms with Crippen LogP contribution >= 0.6 is 11.3 Å². The second-order valence-electron chi connectivity index (χ2n) is 6.18. The molecule has 0 fully saturated rings. The minimum Gasteiger partial charge on any atom is -0.465 e. The largest absolute Gasteiger partial charge is 0.465 e. The van der Waals surface area contributed by atoms with Crippen LogP contribution in [-0.2, 0) is 4.74 Å². The first-order valence-electron chi connectivity index (χ1n) is 8.68. The third kappa shape index (κ3) is 3.81. The lowest BCUT2D eigenvalue weighted by Crippen LogP contribution is -2.14. The quantitative estimate of drug-likeness (QED) is 0.503. The van der Waals surface area contributed by atoms with Crippen molar-refractivity contribution in [2.24, 2.45) is 0 Å². The molecule has 4 rings (SSSR count). The normalized spacial score (nSPS) is 10.7. The summed E-state index contributed by atoms with van der Waals surface area (Å²) < 4.78 is 10.3. The van der Waals surface area contributed by atoms with E-state index in [4.69, 9.17) is 4.42 Å². The fourth-order valence-electron chi connectivity index (χ4n) is 2.86. The first kappa shape index (κ1) is 18.6. The monoisotopic (exact) mass is 405 g/mol. The Morgan fingerprint density at radius 3 is 2.34 bits per heavy atom. The summed E-state index contributed by atoms with van der Waals surface area (Å²) in [5, 5.41) is 3.29. The average molecular weight is 405 g/mol. The van der Waals surface area contributed by atoms with E-state index in [0.717, 1.165) is 11.1 Å². The van der Waals surface area contributed by atoms with Gasteiger partial charge in [0.25, 0.3) is 5.91 Å². The predicted octanol–water partition coefficient (Wildman–Crippen LogP) is 4.56. The summed E-state index contributed by atoms with van der Waals surface area (Å²) in [5.74, 6) is -1.05. The molecule has 0 aliphatic heterocycles. The van der Waals surface area contributed by atoms with Gasteiger partial charge in [0.2, 0.25) is 0 Å². The van der Waals surface area contributed by atoms with Gasteiger partial charge < -0.3 is 14.5 Å². The van der Waals surface area contributed by atoms with Gasteiger partial charge in [-0.25, -0.2) is 9.59 Å². The van der Waals surface area contributed by atoms with Crippen LogP contribution in [0.3, 0.4) is 0 Å². The van der Waals surface area contributed by atoms with Crippen LogP contribution in [0.5, 0.6) is 0 Å². The zero-order chi connectivity index (χ0) is 20.4. The highest BCUT2D eigenvalue weighted by atomic mass is 32.1. The fourth-order valence-corrected chi connectivity index (χ4v) is 3.78. The molecule has 2 aromatic carbocycles. The van der Waals surface area contributed by atoms with Crippen molar-refractivity contribution in [3.63, 3.8) is 0 Å². The summed E-state index contributed by atoms with van der Waals surface area (Å²) in [5.41, 5.74) is 1.91. The molecule has 0 aliphatic carbocycles. The lowest BCUT2D eigenvalue weighted by atomic mass is 10.0. The van der Waals surface area contributed by atoms with Crippen molar-refractivity contribution in [1.29, 1.82) is 0 Å². The van der Waals surface area contributed by atoms with Gasteiger partial charge in [-0.15, -0.1) is 11.3 Å². The maximum atomic E-state index is 12.6. The fraction of sp³-hybridized carbons (Fsp3) is 0.0455. The molecule has 2 aromatic heterocycles. The minimum atomic E-state index is -0.781. The van der Waals surface area contributed by atoms with Crippen molar-refractivity contribution in [2.75, 3.05) is 12.4 Å². The molecule has 0 aliphatic rings. The molecule has 144 valence electrons. The second kappa shape index (κ2) is 7.73. The van der Waals surface area contributed by atoms with Gasteiger partial charge in [0.05, 0.1) is 16.8 Å². The van der Waals surface area contributed by atoms with Gasteiger partial charge in [0.1, 0.15) is 5.56 Å². The van der Waals surface area contributed by atoms with Crippen molar-refractivity contribution in [3.05, 3.63) is 88.3 Å². The molecule has 1 N–H and O–H groups in total. The van der Waals surface area contributed by atoms with E-state index in [9.17, 15) is 14.4 Å². The Labute approximate surface area is 169 Å². The summed E-state index contributed by atoms with van der Waals surface area (Å²) in [6.07, 6.45) is 0. The van der Waals surface area contributed by atoms with Crippen LogP contribution in [-0.4, -0.2) is 19.0 Å². The van der Waals surface area contributed by atoms with Gasteiger partial charge in [-0.05, 0) is 29.3 Å². The Morgan fingerprint density at radius 2 is 1.66 bits per heavy atom. The van der Waals surface area contributed by atoms with Crippen molar-refractivity contribution >= 4 is 38.5 Å². The van der Waals surface area contributed by atoms with Crippen LogP contribution < -0.4 is 10.9 Å². The van der Waals surface area contributed by atoms with Gasteiger partial charge in [-0.3, -0.25) is 4.79 Å². The second-order valence-corrected chi connectivity index (χ2v) is 7.26. The van der Waals surface area contributed by atoms with E-state index in [1.165, 1.54) is 24.5 Å². The zero-order valence-corrected chi connectivity index (χ0v) is 16.1. The van der Waals surface area contributed by atoms with E-state index >= 15 is 0 Å². The number of hydrogen-bond donors (Lipinski definition) is 1. The third-order valence-corrected chi connectivity index (χ3v) is 5.30. The number of thiophene rings is 1. The lowest BCUT2D eigenvalue weighted by Gasteiger charge is -2.05. The van der Waals surface area contributed by atoms with E-state index in [0.29, 0.717) is 20.8 Å². The number of esters is 1. The number of carbonyl (C=O) groups excluding carboxylic acids is 2. The first-order valence-corrected chi connectivity index (χ1v) is 9.49. The Bertz CT molecular complexity index is 1260. The smallest absolute Gasteiger partial charge is 0.351 e. The number of carbonyl (C=O) groups is 2. The zero-order valence-electron chi connectivity index (χ0n) is 15.3. The molecule has 2 heterocycles. The maximum Gasteiger partial charge on any atom is 0.351 e. The van der Waals surface area contributed by atoms with Crippen molar-refractivity contribution in [2.45, 2.75) is 0 Å². The molecule has 4 aromatic rings. The highest BCUT2D eigenvalue weighted by Gasteiger charge is 2.16. The average Bonchev–Trinajstić information content (AvgIpc) is 3.14.